The van der Waals surface area contributed by atoms with Crippen LogP contribution in [0.4, 0.5) is 5.69 Å². The lowest BCUT2D eigenvalue weighted by atomic mass is 10.0. The molecule has 9 nitrogen and oxygen atoms in total. The number of carbonyl (C=O) groups is 3. The molecular formula is C18H26N4O5. The normalized spacial score (nSPS) is 16.6. The minimum Gasteiger partial charge on any atom is -0.481 e. The third-order valence-corrected chi connectivity index (χ3v) is 4.61. The highest BCUT2D eigenvalue weighted by molar-refractivity contribution is 6.03. The maximum atomic E-state index is 12.3. The largest absolute Gasteiger partial charge is 0.481 e. The maximum absolute atomic E-state index is 12.3. The Labute approximate surface area is 157 Å². The number of primary amides is 1. The molecule has 1 aliphatic rings. The van der Waals surface area contributed by atoms with Crippen molar-refractivity contribution < 1.29 is 24.6 Å². The minimum atomic E-state index is -1.04. The van der Waals surface area contributed by atoms with Crippen molar-refractivity contribution in [3.63, 3.8) is 0 Å². The molecule has 148 valence electrons. The molecule has 2 amide bonds. The second kappa shape index (κ2) is 10.0. The van der Waals surface area contributed by atoms with Crippen LogP contribution in [0.5, 0.6) is 0 Å². The fourth-order valence-corrected chi connectivity index (χ4v) is 3.11. The lowest BCUT2D eigenvalue weighted by molar-refractivity contribution is -0.144. The van der Waals surface area contributed by atoms with Crippen molar-refractivity contribution in [2.45, 2.75) is 6.42 Å². The summed E-state index contributed by atoms with van der Waals surface area (Å²) in [5.41, 5.74) is 5.74. The van der Waals surface area contributed by atoms with E-state index in [-0.39, 0.29) is 30.8 Å². The van der Waals surface area contributed by atoms with Crippen LogP contribution in [-0.4, -0.2) is 83.7 Å². The number of aliphatic carboxylic acids is 1. The lowest BCUT2D eigenvalue weighted by Gasteiger charge is -2.35. The Kier molecular flexibility index (Phi) is 7.71. The Balaban J connectivity index is 1.91. The van der Waals surface area contributed by atoms with E-state index < -0.39 is 23.7 Å². The van der Waals surface area contributed by atoms with Crippen LogP contribution in [0.2, 0.25) is 0 Å². The van der Waals surface area contributed by atoms with Crippen molar-refractivity contribution in [3.8, 4) is 0 Å². The highest BCUT2D eigenvalue weighted by Crippen LogP contribution is 2.16. The highest BCUT2D eigenvalue weighted by atomic mass is 16.4. The molecular weight excluding hydrogens is 352 g/mol. The summed E-state index contributed by atoms with van der Waals surface area (Å²) in [6.45, 7) is 3.87. The van der Waals surface area contributed by atoms with Crippen molar-refractivity contribution in [2.75, 3.05) is 51.2 Å². The monoisotopic (exact) mass is 378 g/mol. The van der Waals surface area contributed by atoms with Crippen LogP contribution < -0.4 is 11.1 Å². The molecule has 1 atom stereocenters. The van der Waals surface area contributed by atoms with Gasteiger partial charge in [-0.3, -0.25) is 24.2 Å². The van der Waals surface area contributed by atoms with Crippen LogP contribution in [0.15, 0.2) is 24.3 Å². The number of nitrogens with zero attached hydrogens (tertiary/aromatic N) is 2. The van der Waals surface area contributed by atoms with Gasteiger partial charge in [0.2, 0.25) is 5.91 Å². The lowest BCUT2D eigenvalue weighted by Crippen LogP contribution is -2.49. The first-order chi connectivity index (χ1) is 12.9. The first-order valence-corrected chi connectivity index (χ1v) is 8.87. The van der Waals surface area contributed by atoms with Gasteiger partial charge in [0.05, 0.1) is 23.8 Å². The topological polar surface area (TPSA) is 136 Å². The van der Waals surface area contributed by atoms with E-state index in [0.29, 0.717) is 19.6 Å². The predicted molar refractivity (Wildman–Crippen MR) is 99.3 cm³/mol. The molecule has 0 aromatic heterocycles. The van der Waals surface area contributed by atoms with Gasteiger partial charge in [-0.25, -0.2) is 0 Å². The molecule has 1 saturated heterocycles. The van der Waals surface area contributed by atoms with Gasteiger partial charge in [0.25, 0.3) is 5.91 Å². The molecule has 1 aliphatic heterocycles. The summed E-state index contributed by atoms with van der Waals surface area (Å²) in [4.78, 5) is 39.4. The van der Waals surface area contributed by atoms with E-state index >= 15 is 0 Å². The van der Waals surface area contributed by atoms with Crippen molar-refractivity contribution >= 4 is 23.5 Å². The summed E-state index contributed by atoms with van der Waals surface area (Å²) in [5, 5.41) is 21.0. The number of hydrogen-bond donors (Lipinski definition) is 4. The number of aliphatic hydroxyl groups is 1. The number of benzene rings is 1. The summed E-state index contributed by atoms with van der Waals surface area (Å²) in [7, 11) is 0. The molecule has 0 unspecified atom stereocenters. The summed E-state index contributed by atoms with van der Waals surface area (Å²) >= 11 is 0. The number of carbonyl (C=O) groups excluding carboxylic acids is 2. The van der Waals surface area contributed by atoms with Gasteiger partial charge in [-0.1, -0.05) is 12.1 Å². The Morgan fingerprint density at radius 3 is 2.33 bits per heavy atom. The second-order valence-corrected chi connectivity index (χ2v) is 6.56. The molecule has 0 spiro atoms. The zero-order valence-electron chi connectivity index (χ0n) is 15.1. The number of hydrogen-bond acceptors (Lipinski definition) is 6. The third-order valence-electron chi connectivity index (χ3n) is 4.61. The van der Waals surface area contributed by atoms with Crippen LogP contribution in [0.25, 0.3) is 0 Å². The molecule has 27 heavy (non-hydrogen) atoms. The number of piperazine rings is 1. The Morgan fingerprint density at radius 2 is 1.74 bits per heavy atom. The Bertz CT molecular complexity index is 673. The molecule has 0 radical (unpaired) electrons. The molecule has 1 fully saturated rings. The van der Waals surface area contributed by atoms with Crippen LogP contribution in [0, 0.1) is 5.92 Å². The molecule has 5 N–H and O–H groups in total. The quantitative estimate of drug-likeness (QED) is 0.451. The number of para-hydroxylation sites is 1. The first-order valence-electron chi connectivity index (χ1n) is 8.87. The third kappa shape index (κ3) is 6.31. The molecule has 9 heteroatoms. The summed E-state index contributed by atoms with van der Waals surface area (Å²) in [5.74, 6) is -3.03. The fourth-order valence-electron chi connectivity index (χ4n) is 3.11. The minimum absolute atomic E-state index is 0.102. The number of amides is 2. The number of rotatable bonds is 9. The van der Waals surface area contributed by atoms with Crippen molar-refractivity contribution in [3.05, 3.63) is 29.8 Å². The van der Waals surface area contributed by atoms with Crippen LogP contribution in [-0.2, 0) is 9.59 Å². The fraction of sp³-hybridized carbons (Fsp3) is 0.500. The van der Waals surface area contributed by atoms with Gasteiger partial charge in [-0.05, 0) is 12.1 Å². The molecule has 0 saturated carbocycles. The smallest absolute Gasteiger partial charge is 0.308 e. The van der Waals surface area contributed by atoms with Crippen molar-refractivity contribution in [1.29, 1.82) is 0 Å². The van der Waals surface area contributed by atoms with E-state index in [4.69, 9.17) is 10.8 Å². The van der Waals surface area contributed by atoms with Gasteiger partial charge in [-0.2, -0.15) is 0 Å². The number of nitrogens with two attached hydrogens (primary N) is 1. The van der Waals surface area contributed by atoms with E-state index in [1.165, 1.54) is 6.07 Å². The van der Waals surface area contributed by atoms with Gasteiger partial charge in [0.15, 0.2) is 0 Å². The summed E-state index contributed by atoms with van der Waals surface area (Å²) in [6.07, 6.45) is -0.195. The Morgan fingerprint density at radius 1 is 1.11 bits per heavy atom. The zero-order valence-corrected chi connectivity index (χ0v) is 15.1. The number of β-amino-alcohol motifs (C(OH)–C–C–N with tert-alkyl or cyclic N) is 1. The van der Waals surface area contributed by atoms with Gasteiger partial charge in [-0.15, -0.1) is 0 Å². The molecule has 0 bridgehead atoms. The molecule has 1 aromatic rings. The van der Waals surface area contributed by atoms with E-state index in [1.54, 1.807) is 18.2 Å². The average molecular weight is 378 g/mol. The number of nitrogens with one attached hydrogen (secondary N) is 1. The number of anilines is 1. The maximum Gasteiger partial charge on any atom is 0.308 e. The number of aliphatic hydroxyl groups excluding tert-OH is 1. The van der Waals surface area contributed by atoms with Gasteiger partial charge in [0.1, 0.15) is 0 Å². The van der Waals surface area contributed by atoms with Crippen LogP contribution >= 0.6 is 0 Å². The molecule has 1 aromatic carbocycles. The molecule has 1 heterocycles. The van der Waals surface area contributed by atoms with Crippen molar-refractivity contribution in [2.24, 2.45) is 11.7 Å². The SMILES string of the molecule is NC(=O)c1ccccc1NC(=O)C[C@H](CN1CCN(CCO)CC1)C(=O)O. The average Bonchev–Trinajstić information content (AvgIpc) is 2.63. The van der Waals surface area contributed by atoms with E-state index in [0.717, 1.165) is 13.1 Å². The van der Waals surface area contributed by atoms with Crippen LogP contribution in [0.1, 0.15) is 16.8 Å². The predicted octanol–water partition coefficient (Wildman–Crippen LogP) is -0.575. The molecule has 0 aliphatic carbocycles. The summed E-state index contributed by atoms with van der Waals surface area (Å²) < 4.78 is 0. The Hall–Kier alpha value is -2.49. The van der Waals surface area contributed by atoms with E-state index in [1.807, 2.05) is 4.90 Å². The summed E-state index contributed by atoms with van der Waals surface area (Å²) in [6, 6.07) is 6.33. The molecule has 2 rings (SSSR count). The van der Waals surface area contributed by atoms with Gasteiger partial charge < -0.3 is 21.3 Å². The number of carboxylic acids is 1. The van der Waals surface area contributed by atoms with Crippen molar-refractivity contribution in [1.82, 2.24) is 9.80 Å². The second-order valence-electron chi connectivity index (χ2n) is 6.56. The standard InChI is InChI=1S/C18H26N4O5/c19-17(25)14-3-1-2-4-15(14)20-16(24)11-13(18(26)27)12-22-7-5-21(6-8-22)9-10-23/h1-4,13,23H,5-12H2,(H2,19,25)(H,20,24)(H,26,27)/t13-/m1/s1. The van der Waals surface area contributed by atoms with E-state index in [2.05, 4.69) is 10.2 Å². The van der Waals surface area contributed by atoms with Crippen LogP contribution in [0.3, 0.4) is 0 Å². The highest BCUT2D eigenvalue weighted by Gasteiger charge is 2.26. The number of carboxylic acid groups (broad SMARTS) is 1. The zero-order chi connectivity index (χ0) is 19.8. The first kappa shape index (κ1) is 20.8. The van der Waals surface area contributed by atoms with Gasteiger partial charge >= 0.3 is 5.97 Å². The van der Waals surface area contributed by atoms with E-state index in [9.17, 15) is 19.5 Å². The van der Waals surface area contributed by atoms with Gasteiger partial charge in [0, 0.05) is 45.7 Å².